The monoisotopic (exact) mass is 1050 g/mol. The summed E-state index contributed by atoms with van der Waals surface area (Å²) in [5.74, 6) is 0. The highest BCUT2D eigenvalue weighted by atomic mass is 32.2. The molecule has 81 heavy (non-hydrogen) atoms. The van der Waals surface area contributed by atoms with E-state index in [1.54, 1.807) is 0 Å². The molecule has 10 aromatic carbocycles. The summed E-state index contributed by atoms with van der Waals surface area (Å²) in [7, 11) is 0. The van der Waals surface area contributed by atoms with Gasteiger partial charge in [-0.2, -0.15) is 10.5 Å². The minimum atomic E-state index is -0.753. The third-order valence-electron chi connectivity index (χ3n) is 17.1. The zero-order valence-corrected chi connectivity index (χ0v) is 44.0. The van der Waals surface area contributed by atoms with Crippen LogP contribution in [0.2, 0.25) is 0 Å². The second kappa shape index (κ2) is 17.1. The molecule has 6 heterocycles. The second-order valence-corrected chi connectivity index (χ2v) is 22.1. The van der Waals surface area contributed by atoms with Gasteiger partial charge in [0.2, 0.25) is 0 Å². The molecule has 0 unspecified atom stereocenters. The summed E-state index contributed by atoms with van der Waals surface area (Å²) in [6.45, 7) is 0. The number of nitrogens with zero attached hydrogens (tertiary/aromatic N) is 7. The molecule has 1 aliphatic carbocycles. The Labute approximate surface area is 469 Å². The molecule has 0 radical (unpaired) electrons. The van der Waals surface area contributed by atoms with Gasteiger partial charge in [0.15, 0.2) is 0 Å². The van der Waals surface area contributed by atoms with E-state index >= 15 is 0 Å². The van der Waals surface area contributed by atoms with Crippen molar-refractivity contribution >= 4 is 77.2 Å². The van der Waals surface area contributed by atoms with Crippen molar-refractivity contribution in [1.82, 2.24) is 23.7 Å². The first kappa shape index (κ1) is 45.3. The number of para-hydroxylation sites is 3. The van der Waals surface area contributed by atoms with Crippen LogP contribution in [0, 0.1) is 22.7 Å². The van der Waals surface area contributed by atoms with Crippen LogP contribution in [0.5, 0.6) is 0 Å². The number of rotatable bonds is 5. The van der Waals surface area contributed by atoms with Gasteiger partial charge in [-0.25, -0.2) is 0 Å². The van der Waals surface area contributed by atoms with E-state index in [4.69, 9.17) is 9.97 Å². The number of nitriles is 2. The number of aromatic nitrogens is 5. The molecule has 17 rings (SSSR count). The Balaban J connectivity index is 0.833. The zero-order valence-electron chi connectivity index (χ0n) is 43.2. The van der Waals surface area contributed by atoms with E-state index in [9.17, 15) is 10.5 Å². The van der Waals surface area contributed by atoms with Crippen LogP contribution in [0.1, 0.15) is 33.4 Å². The van der Waals surface area contributed by atoms with Crippen molar-refractivity contribution in [2.24, 2.45) is 0 Å². The molecule has 15 aromatic rings. The molecule has 8 heteroatoms. The van der Waals surface area contributed by atoms with Gasteiger partial charge in [0.25, 0.3) is 0 Å². The lowest BCUT2D eigenvalue weighted by Crippen LogP contribution is -2.32. The van der Waals surface area contributed by atoms with Gasteiger partial charge in [-0.1, -0.05) is 115 Å². The predicted octanol–water partition coefficient (Wildman–Crippen LogP) is 17.7. The zero-order chi connectivity index (χ0) is 53.5. The van der Waals surface area contributed by atoms with E-state index in [1.807, 2.05) is 54.5 Å². The Morgan fingerprint density at radius 1 is 0.346 bits per heavy atom. The predicted molar refractivity (Wildman–Crippen MR) is 327 cm³/mol. The van der Waals surface area contributed by atoms with Crippen molar-refractivity contribution in [3.8, 4) is 62.8 Å². The quantitative estimate of drug-likeness (QED) is 0.171. The van der Waals surface area contributed by atoms with Crippen molar-refractivity contribution in [3.05, 3.63) is 282 Å². The van der Waals surface area contributed by atoms with Crippen LogP contribution in [0.25, 0.3) is 116 Å². The minimum absolute atomic E-state index is 0.618. The highest BCUT2D eigenvalue weighted by Crippen LogP contribution is 2.63. The molecule has 1 aliphatic heterocycles. The number of hydrogen-bond acceptors (Lipinski definition) is 5. The van der Waals surface area contributed by atoms with E-state index in [2.05, 4.69) is 232 Å². The first-order chi connectivity index (χ1) is 40.1. The maximum Gasteiger partial charge on any atom is 0.0991 e. The van der Waals surface area contributed by atoms with Gasteiger partial charge in [0.1, 0.15) is 0 Å². The molecular weight excluding hydrogens is 1010 g/mol. The molecular formula is C73H41N7S. The summed E-state index contributed by atoms with van der Waals surface area (Å²) in [5.41, 5.74) is 21.0. The molecule has 1 spiro atoms. The average Bonchev–Trinajstić information content (AvgIpc) is 3.34. The Hall–Kier alpha value is -10.8. The van der Waals surface area contributed by atoms with E-state index in [0.29, 0.717) is 11.1 Å². The molecule has 5 aromatic heterocycles. The van der Waals surface area contributed by atoms with E-state index < -0.39 is 5.41 Å². The highest BCUT2D eigenvalue weighted by molar-refractivity contribution is 7.99. The Bertz CT molecular complexity index is 5200. The van der Waals surface area contributed by atoms with E-state index in [1.165, 1.54) is 37.8 Å². The van der Waals surface area contributed by atoms with Gasteiger partial charge < -0.3 is 13.7 Å². The molecule has 7 nitrogen and oxygen atoms in total. The van der Waals surface area contributed by atoms with Gasteiger partial charge in [0, 0.05) is 71.6 Å². The summed E-state index contributed by atoms with van der Waals surface area (Å²) in [6.07, 6.45) is 3.76. The van der Waals surface area contributed by atoms with Gasteiger partial charge >= 0.3 is 0 Å². The molecule has 0 amide bonds. The second-order valence-electron chi connectivity index (χ2n) is 21.1. The van der Waals surface area contributed by atoms with Crippen molar-refractivity contribution in [1.29, 1.82) is 10.5 Å². The largest absolute Gasteiger partial charge is 0.309 e. The molecule has 0 atom stereocenters. The summed E-state index contributed by atoms with van der Waals surface area (Å²) in [5, 5.41) is 27.0. The number of benzene rings is 10. The third kappa shape index (κ3) is 6.34. The van der Waals surface area contributed by atoms with Crippen LogP contribution in [0.4, 0.5) is 0 Å². The van der Waals surface area contributed by atoms with Gasteiger partial charge in [0.05, 0.1) is 73.2 Å². The standard InChI is InChI=1S/C73H41N7S/c74-42-44-22-31-66-55(37-44)57-39-46(23-32-67(57)80(66)51-28-26-50(27-29-51)79-63-19-6-4-13-53(63)54-14-5-7-20-64(54)79)47-25-34-69-62(41-47)73(59-17-9-35-76-70(59)71-60(73)18-10-36-77-71)61-16-8-15-52(72(61)81-69)48-24-33-68-58(40-48)56-38-45(43-75)21-30-65(56)78(68)49-11-2-1-3-12-49/h1-41H. The maximum absolute atomic E-state index is 10.3. The van der Waals surface area contributed by atoms with Crippen LogP contribution in [-0.2, 0) is 5.41 Å². The van der Waals surface area contributed by atoms with E-state index in [0.717, 1.165) is 110 Å². The fourth-order valence-corrected chi connectivity index (χ4v) is 15.0. The summed E-state index contributed by atoms with van der Waals surface area (Å²) in [4.78, 5) is 12.5. The first-order valence-corrected chi connectivity index (χ1v) is 27.9. The van der Waals surface area contributed by atoms with Crippen molar-refractivity contribution in [2.75, 3.05) is 0 Å². The van der Waals surface area contributed by atoms with Gasteiger partial charge in [-0.05, 0) is 178 Å². The Morgan fingerprint density at radius 3 is 1.38 bits per heavy atom. The fourth-order valence-electron chi connectivity index (χ4n) is 13.7. The average molecular weight is 1050 g/mol. The van der Waals surface area contributed by atoms with Crippen LogP contribution < -0.4 is 0 Å². The van der Waals surface area contributed by atoms with Crippen LogP contribution in [-0.4, -0.2) is 23.7 Å². The summed E-state index contributed by atoms with van der Waals surface area (Å²) in [6, 6.07) is 89.3. The van der Waals surface area contributed by atoms with Gasteiger partial charge in [-0.15, -0.1) is 0 Å². The lowest BCUT2D eigenvalue weighted by Gasteiger charge is -2.40. The maximum atomic E-state index is 10.3. The highest BCUT2D eigenvalue weighted by Gasteiger charge is 2.52. The summed E-state index contributed by atoms with van der Waals surface area (Å²) < 4.78 is 6.97. The van der Waals surface area contributed by atoms with Crippen LogP contribution >= 0.6 is 11.8 Å². The van der Waals surface area contributed by atoms with E-state index in [-0.39, 0.29) is 0 Å². The number of fused-ring (bicyclic) bond motifs is 18. The van der Waals surface area contributed by atoms with Crippen LogP contribution in [0.3, 0.4) is 0 Å². The smallest absolute Gasteiger partial charge is 0.0991 e. The third-order valence-corrected chi connectivity index (χ3v) is 18.3. The molecule has 374 valence electrons. The first-order valence-electron chi connectivity index (χ1n) is 27.1. The number of hydrogen-bond donors (Lipinski definition) is 0. The molecule has 2 aliphatic rings. The SMILES string of the molecule is N#Cc1ccc2c(c1)c1cc(-c3ccc4c(c3)C3(c5cccnc5-c5ncccc53)c3cccc(-c5ccc6c(c5)c5cc(C#N)ccc5n6-c5ccccc5)c3S4)ccc1n2-c1ccc(-n2c3ccccc3c3ccccc32)cc1. The van der Waals surface area contributed by atoms with Crippen molar-refractivity contribution in [2.45, 2.75) is 15.2 Å². The number of pyridine rings is 2. The minimum Gasteiger partial charge on any atom is -0.309 e. The molecule has 0 fully saturated rings. The lowest BCUT2D eigenvalue weighted by atomic mass is 9.67. The lowest BCUT2D eigenvalue weighted by molar-refractivity contribution is 0.720. The summed E-state index contributed by atoms with van der Waals surface area (Å²) >= 11 is 1.82. The van der Waals surface area contributed by atoms with Crippen LogP contribution in [0.15, 0.2) is 259 Å². The molecule has 0 bridgehead atoms. The Kier molecular flexibility index (Phi) is 9.56. The van der Waals surface area contributed by atoms with Crippen molar-refractivity contribution in [3.63, 3.8) is 0 Å². The Morgan fingerprint density at radius 2 is 0.802 bits per heavy atom. The molecule has 0 saturated carbocycles. The van der Waals surface area contributed by atoms with Gasteiger partial charge in [-0.3, -0.25) is 9.97 Å². The molecule has 0 saturated heterocycles. The van der Waals surface area contributed by atoms with Crippen molar-refractivity contribution < 1.29 is 0 Å². The topological polar surface area (TPSA) is 88.2 Å². The normalized spacial score (nSPS) is 13.0. The molecule has 0 N–H and O–H groups in total. The fraction of sp³-hybridized carbons (Fsp3) is 0.0137.